The summed E-state index contributed by atoms with van der Waals surface area (Å²) in [6.45, 7) is -0.929. The number of rotatable bonds is 9. The molecule has 3 aromatic rings. The van der Waals surface area contributed by atoms with E-state index in [1.54, 1.807) is 0 Å². The van der Waals surface area contributed by atoms with Gasteiger partial charge in [0, 0.05) is 37.0 Å². The van der Waals surface area contributed by atoms with Crippen molar-refractivity contribution in [2.45, 2.75) is 44.8 Å². The van der Waals surface area contributed by atoms with E-state index >= 15 is 4.39 Å². The van der Waals surface area contributed by atoms with Gasteiger partial charge in [-0.25, -0.2) is 4.39 Å². The number of fused-ring (bicyclic) bond motifs is 1. The lowest BCUT2D eigenvalue weighted by Crippen LogP contribution is -2.26. The third-order valence-electron chi connectivity index (χ3n) is 7.35. The Morgan fingerprint density at radius 2 is 1.72 bits per heavy atom. The first-order valence-electron chi connectivity index (χ1n) is 13.3. The summed E-state index contributed by atoms with van der Waals surface area (Å²) >= 11 is 0. The highest BCUT2D eigenvalue weighted by molar-refractivity contribution is 6.00. The highest BCUT2D eigenvalue weighted by Gasteiger charge is 2.25. The summed E-state index contributed by atoms with van der Waals surface area (Å²) in [5.74, 6) is -0.0889. The lowest BCUT2D eigenvalue weighted by Gasteiger charge is -2.19. The molecule has 206 valence electrons. The van der Waals surface area contributed by atoms with E-state index in [1.165, 1.54) is 12.1 Å². The second-order valence-corrected chi connectivity index (χ2v) is 10.0. The van der Waals surface area contributed by atoms with Crippen molar-refractivity contribution in [3.05, 3.63) is 88.7 Å². The molecule has 1 heterocycles. The number of likely N-dealkylation sites (tertiary alicyclic amines) is 1. The number of hydrogen-bond donors (Lipinski definition) is 1. The summed E-state index contributed by atoms with van der Waals surface area (Å²) in [7, 11) is 0. The zero-order chi connectivity index (χ0) is 27.4. The Labute approximate surface area is 226 Å². The molecule has 1 fully saturated rings. The van der Waals surface area contributed by atoms with E-state index in [-0.39, 0.29) is 18.5 Å². The molecule has 0 aromatic heterocycles. The first-order valence-corrected chi connectivity index (χ1v) is 13.3. The Morgan fingerprint density at radius 1 is 0.949 bits per heavy atom. The fraction of sp³-hybridized carbons (Fsp3) is 0.355. The van der Waals surface area contributed by atoms with Crippen LogP contribution in [0.2, 0.25) is 0 Å². The van der Waals surface area contributed by atoms with Gasteiger partial charge in [0.25, 0.3) is 0 Å². The van der Waals surface area contributed by atoms with Crippen LogP contribution < -0.4 is 15.2 Å². The molecular weight excluding hydrogens is 508 g/mol. The molecule has 1 aliphatic carbocycles. The molecule has 0 bridgehead atoms. The van der Waals surface area contributed by atoms with Crippen molar-refractivity contribution < 1.29 is 27.0 Å². The Bertz CT molecular complexity index is 1330. The number of nitrogens with two attached hydrogens (primary N) is 1. The smallest absolute Gasteiger partial charge is 0.387 e. The summed E-state index contributed by atoms with van der Waals surface area (Å²) in [5.41, 5.74) is 11.7. The standard InChI is InChI=1S/C31H32F4N2O2/c32-14-2-15-37-16-13-25(19-37)38-23-8-5-20(6-9-23)30-26-11-7-22(36)17-21(26)3-1-4-28(30)27-12-10-24(18-29(27)33)39-31(34)35/h5-12,17-18,25,31H,1-4,13-16,19,36H2/t25-/m0/s1. The highest BCUT2D eigenvalue weighted by Crippen LogP contribution is 2.42. The predicted octanol–water partition coefficient (Wildman–Crippen LogP) is 7.12. The van der Waals surface area contributed by atoms with Crippen LogP contribution in [0, 0.1) is 5.82 Å². The molecule has 39 heavy (non-hydrogen) atoms. The van der Waals surface area contributed by atoms with Gasteiger partial charge in [0.1, 0.15) is 23.4 Å². The number of alkyl halides is 3. The van der Waals surface area contributed by atoms with Crippen LogP contribution in [0.25, 0.3) is 11.1 Å². The molecule has 0 saturated carbocycles. The van der Waals surface area contributed by atoms with E-state index in [9.17, 15) is 13.2 Å². The van der Waals surface area contributed by atoms with Crippen LogP contribution in [0.5, 0.6) is 11.5 Å². The minimum Gasteiger partial charge on any atom is -0.489 e. The number of aryl methyl sites for hydroxylation is 1. The number of ether oxygens (including phenoxy) is 2. The minimum absolute atomic E-state index is 0.0508. The zero-order valence-corrected chi connectivity index (χ0v) is 21.6. The minimum atomic E-state index is -3.02. The van der Waals surface area contributed by atoms with Gasteiger partial charge in [0.15, 0.2) is 0 Å². The number of halogens is 4. The molecular formula is C31H32F4N2O2. The quantitative estimate of drug-likeness (QED) is 0.232. The Hall–Kier alpha value is -3.52. The molecule has 0 unspecified atom stereocenters. The van der Waals surface area contributed by atoms with Gasteiger partial charge < -0.3 is 15.2 Å². The largest absolute Gasteiger partial charge is 0.489 e. The van der Waals surface area contributed by atoms with Gasteiger partial charge in [-0.1, -0.05) is 18.2 Å². The highest BCUT2D eigenvalue weighted by atomic mass is 19.3. The molecule has 0 spiro atoms. The summed E-state index contributed by atoms with van der Waals surface area (Å²) in [6.07, 6.45) is 3.65. The fourth-order valence-corrected chi connectivity index (χ4v) is 5.60. The molecule has 5 rings (SSSR count). The van der Waals surface area contributed by atoms with Crippen molar-refractivity contribution in [3.8, 4) is 11.5 Å². The fourth-order valence-electron chi connectivity index (χ4n) is 5.60. The lowest BCUT2D eigenvalue weighted by molar-refractivity contribution is -0.0500. The summed E-state index contributed by atoms with van der Waals surface area (Å²) < 4.78 is 63.8. The molecule has 1 aliphatic heterocycles. The molecule has 4 nitrogen and oxygen atoms in total. The Morgan fingerprint density at radius 3 is 2.46 bits per heavy atom. The Kier molecular flexibility index (Phi) is 8.41. The van der Waals surface area contributed by atoms with Crippen molar-refractivity contribution in [1.29, 1.82) is 0 Å². The predicted molar refractivity (Wildman–Crippen MR) is 145 cm³/mol. The van der Waals surface area contributed by atoms with Gasteiger partial charge >= 0.3 is 6.61 Å². The van der Waals surface area contributed by atoms with Gasteiger partial charge in [-0.2, -0.15) is 8.78 Å². The average Bonchev–Trinajstić information content (AvgIpc) is 3.27. The molecule has 8 heteroatoms. The van der Waals surface area contributed by atoms with Crippen molar-refractivity contribution in [3.63, 3.8) is 0 Å². The number of nitrogens with zero attached hydrogens (tertiary/aromatic N) is 1. The third kappa shape index (κ3) is 6.38. The normalized spacial score (nSPS) is 17.8. The van der Waals surface area contributed by atoms with E-state index in [1.807, 2.05) is 42.5 Å². The van der Waals surface area contributed by atoms with Gasteiger partial charge in [-0.15, -0.1) is 0 Å². The van der Waals surface area contributed by atoms with Crippen LogP contribution >= 0.6 is 0 Å². The Balaban J connectivity index is 1.49. The monoisotopic (exact) mass is 540 g/mol. The van der Waals surface area contributed by atoms with E-state index in [0.29, 0.717) is 24.1 Å². The molecule has 3 aromatic carbocycles. The van der Waals surface area contributed by atoms with Crippen LogP contribution in [0.3, 0.4) is 0 Å². The van der Waals surface area contributed by atoms with Crippen molar-refractivity contribution >= 4 is 16.8 Å². The maximum Gasteiger partial charge on any atom is 0.387 e. The molecule has 0 radical (unpaired) electrons. The van der Waals surface area contributed by atoms with Gasteiger partial charge in [0.2, 0.25) is 0 Å². The van der Waals surface area contributed by atoms with E-state index in [2.05, 4.69) is 9.64 Å². The van der Waals surface area contributed by atoms with Crippen LogP contribution in [0.15, 0.2) is 60.7 Å². The number of benzene rings is 3. The maximum atomic E-state index is 15.3. The van der Waals surface area contributed by atoms with Gasteiger partial charge in [0.05, 0.1) is 6.67 Å². The van der Waals surface area contributed by atoms with Crippen LogP contribution in [0.4, 0.5) is 23.2 Å². The second kappa shape index (κ2) is 12.1. The first-order chi connectivity index (χ1) is 18.9. The van der Waals surface area contributed by atoms with Gasteiger partial charge in [-0.05, 0) is 96.3 Å². The number of allylic oxidation sites excluding steroid dienone is 1. The number of hydrogen-bond acceptors (Lipinski definition) is 4. The molecule has 0 amide bonds. The van der Waals surface area contributed by atoms with Gasteiger partial charge in [-0.3, -0.25) is 9.29 Å². The van der Waals surface area contributed by atoms with Crippen LogP contribution in [-0.4, -0.2) is 43.9 Å². The number of nitrogen functional groups attached to an aromatic ring is 1. The van der Waals surface area contributed by atoms with Crippen molar-refractivity contribution in [2.75, 3.05) is 32.0 Å². The molecule has 2 aliphatic rings. The number of anilines is 1. The summed E-state index contributed by atoms with van der Waals surface area (Å²) in [6, 6.07) is 17.4. The first kappa shape index (κ1) is 27.1. The van der Waals surface area contributed by atoms with Crippen molar-refractivity contribution in [1.82, 2.24) is 4.90 Å². The third-order valence-corrected chi connectivity index (χ3v) is 7.35. The maximum absolute atomic E-state index is 15.3. The van der Waals surface area contributed by atoms with E-state index in [0.717, 1.165) is 78.5 Å². The van der Waals surface area contributed by atoms with Crippen LogP contribution in [-0.2, 0) is 6.42 Å². The van der Waals surface area contributed by atoms with E-state index in [4.69, 9.17) is 10.5 Å². The summed E-state index contributed by atoms with van der Waals surface area (Å²) in [4.78, 5) is 2.22. The van der Waals surface area contributed by atoms with Crippen molar-refractivity contribution in [2.24, 2.45) is 0 Å². The van der Waals surface area contributed by atoms with E-state index < -0.39 is 12.4 Å². The molecule has 1 saturated heterocycles. The second-order valence-electron chi connectivity index (χ2n) is 10.0. The topological polar surface area (TPSA) is 47.7 Å². The molecule has 1 atom stereocenters. The zero-order valence-electron chi connectivity index (χ0n) is 21.6. The lowest BCUT2D eigenvalue weighted by atomic mass is 9.87. The molecule has 2 N–H and O–H groups in total. The van der Waals surface area contributed by atoms with Crippen LogP contribution in [0.1, 0.15) is 47.9 Å². The summed E-state index contributed by atoms with van der Waals surface area (Å²) in [5, 5.41) is 0. The average molecular weight is 541 g/mol. The SMILES string of the molecule is Nc1ccc2c(c1)CCCC(c1ccc(OC(F)F)cc1F)=C2c1ccc(O[C@H]2CCN(CCCF)C2)cc1.